The summed E-state index contributed by atoms with van der Waals surface area (Å²) in [6.07, 6.45) is -0.0890. The van der Waals surface area contributed by atoms with E-state index >= 15 is 0 Å². The van der Waals surface area contributed by atoms with Crippen molar-refractivity contribution in [2.24, 2.45) is 5.92 Å². The second-order valence-corrected chi connectivity index (χ2v) is 5.52. The monoisotopic (exact) mass is 271 g/mol. The molecule has 0 spiro atoms. The molecular formula is C15H20F3N. The molecule has 1 nitrogen and oxygen atoms in total. The van der Waals surface area contributed by atoms with Gasteiger partial charge in [0, 0.05) is 6.04 Å². The molecule has 1 aliphatic rings. The number of nitrogens with one attached hydrogen (secondary N) is 1. The summed E-state index contributed by atoms with van der Waals surface area (Å²) in [5.74, 6) is 0.496. The van der Waals surface area contributed by atoms with Gasteiger partial charge in [0.05, 0.1) is 5.56 Å². The van der Waals surface area contributed by atoms with Crippen molar-refractivity contribution < 1.29 is 13.2 Å². The van der Waals surface area contributed by atoms with E-state index in [1.807, 2.05) is 0 Å². The topological polar surface area (TPSA) is 12.0 Å². The Morgan fingerprint density at radius 2 is 2.05 bits per heavy atom. The highest BCUT2D eigenvalue weighted by Gasteiger charge is 2.30. The molecule has 0 aliphatic heterocycles. The Hall–Kier alpha value is -1.03. The first-order chi connectivity index (χ1) is 8.95. The fourth-order valence-electron chi connectivity index (χ4n) is 2.07. The number of benzene rings is 1. The van der Waals surface area contributed by atoms with Gasteiger partial charge in [0.2, 0.25) is 0 Å². The van der Waals surface area contributed by atoms with E-state index in [0.29, 0.717) is 18.4 Å². The highest BCUT2D eigenvalue weighted by molar-refractivity contribution is 5.25. The Balaban J connectivity index is 1.81. The van der Waals surface area contributed by atoms with Crippen molar-refractivity contribution in [2.45, 2.75) is 44.8 Å². The maximum atomic E-state index is 12.6. The zero-order chi connectivity index (χ0) is 13.9. The molecule has 1 fully saturated rings. The van der Waals surface area contributed by atoms with Gasteiger partial charge >= 0.3 is 6.18 Å². The summed E-state index contributed by atoms with van der Waals surface area (Å²) < 4.78 is 37.7. The molecule has 1 aromatic rings. The third kappa shape index (κ3) is 4.86. The van der Waals surface area contributed by atoms with Crippen LogP contribution >= 0.6 is 0 Å². The Morgan fingerprint density at radius 3 is 2.68 bits per heavy atom. The van der Waals surface area contributed by atoms with Crippen molar-refractivity contribution in [1.29, 1.82) is 0 Å². The average molecular weight is 271 g/mol. The summed E-state index contributed by atoms with van der Waals surface area (Å²) in [5.41, 5.74) is 0.224. The Labute approximate surface area is 112 Å². The number of hydrogen-bond donors (Lipinski definition) is 1. The fourth-order valence-corrected chi connectivity index (χ4v) is 2.07. The van der Waals surface area contributed by atoms with Gasteiger partial charge in [0.1, 0.15) is 0 Å². The summed E-state index contributed by atoms with van der Waals surface area (Å²) in [6, 6.07) is 6.35. The van der Waals surface area contributed by atoms with E-state index in [9.17, 15) is 13.2 Å². The van der Waals surface area contributed by atoms with E-state index in [-0.39, 0.29) is 0 Å². The third-order valence-electron chi connectivity index (χ3n) is 3.51. The van der Waals surface area contributed by atoms with Crippen LogP contribution < -0.4 is 5.32 Å². The lowest BCUT2D eigenvalue weighted by molar-refractivity contribution is -0.137. The van der Waals surface area contributed by atoms with Gasteiger partial charge in [-0.2, -0.15) is 13.2 Å². The number of halogens is 3. The molecule has 1 aliphatic carbocycles. The third-order valence-corrected chi connectivity index (χ3v) is 3.51. The molecule has 1 saturated carbocycles. The number of alkyl halides is 3. The van der Waals surface area contributed by atoms with Gasteiger partial charge in [-0.15, -0.1) is 0 Å². The molecule has 0 saturated heterocycles. The van der Waals surface area contributed by atoms with Gasteiger partial charge in [0.25, 0.3) is 0 Å². The van der Waals surface area contributed by atoms with Crippen LogP contribution in [0.5, 0.6) is 0 Å². The van der Waals surface area contributed by atoms with Crippen molar-refractivity contribution in [2.75, 3.05) is 6.54 Å². The van der Waals surface area contributed by atoms with E-state index in [1.165, 1.54) is 25.0 Å². The highest BCUT2D eigenvalue weighted by Crippen LogP contribution is 2.29. The molecule has 0 aromatic heterocycles. The molecule has 1 unspecified atom stereocenters. The van der Waals surface area contributed by atoms with Crippen LogP contribution in [0.1, 0.15) is 37.3 Å². The zero-order valence-electron chi connectivity index (χ0n) is 11.1. The van der Waals surface area contributed by atoms with Crippen LogP contribution in [0.3, 0.4) is 0 Å². The quantitative estimate of drug-likeness (QED) is 0.823. The molecule has 2 rings (SSSR count). The molecule has 0 radical (unpaired) electrons. The SMILES string of the molecule is CC(CCc1cccc(C(F)(F)F)c1)CNC1CC1. The second kappa shape index (κ2) is 5.95. The van der Waals surface area contributed by atoms with Crippen molar-refractivity contribution in [3.8, 4) is 0 Å². The first-order valence-electron chi connectivity index (χ1n) is 6.84. The number of hydrogen-bond acceptors (Lipinski definition) is 1. The van der Waals surface area contributed by atoms with E-state index in [2.05, 4.69) is 12.2 Å². The van der Waals surface area contributed by atoms with Crippen LogP contribution in [0.2, 0.25) is 0 Å². The molecule has 1 atom stereocenters. The standard InChI is InChI=1S/C15H20F3N/c1-11(10-19-14-7-8-14)5-6-12-3-2-4-13(9-12)15(16,17)18/h2-4,9,11,14,19H,5-8,10H2,1H3. The normalized spacial score (nSPS) is 17.5. The summed E-state index contributed by atoms with van der Waals surface area (Å²) in [7, 11) is 0. The Morgan fingerprint density at radius 1 is 1.32 bits per heavy atom. The van der Waals surface area contributed by atoms with Crippen molar-refractivity contribution in [3.05, 3.63) is 35.4 Å². The predicted molar refractivity (Wildman–Crippen MR) is 70.0 cm³/mol. The van der Waals surface area contributed by atoms with Crippen molar-refractivity contribution >= 4 is 0 Å². The van der Waals surface area contributed by atoms with E-state index in [4.69, 9.17) is 0 Å². The summed E-state index contributed by atoms with van der Waals surface area (Å²) in [5, 5.41) is 3.45. The van der Waals surface area contributed by atoms with Gasteiger partial charge in [-0.25, -0.2) is 0 Å². The van der Waals surface area contributed by atoms with Gasteiger partial charge in [0.15, 0.2) is 0 Å². The summed E-state index contributed by atoms with van der Waals surface area (Å²) in [6.45, 7) is 3.10. The van der Waals surface area contributed by atoms with Crippen LogP contribution in [-0.2, 0) is 12.6 Å². The smallest absolute Gasteiger partial charge is 0.314 e. The first kappa shape index (κ1) is 14.4. The molecule has 1 aromatic carbocycles. The molecule has 0 bridgehead atoms. The minimum absolute atomic E-state index is 0.496. The lowest BCUT2D eigenvalue weighted by Gasteiger charge is -2.13. The van der Waals surface area contributed by atoms with E-state index in [1.54, 1.807) is 6.07 Å². The summed E-state index contributed by atoms with van der Waals surface area (Å²) in [4.78, 5) is 0. The lowest BCUT2D eigenvalue weighted by Crippen LogP contribution is -2.23. The Kier molecular flexibility index (Phi) is 4.50. The fraction of sp³-hybridized carbons (Fsp3) is 0.600. The molecule has 19 heavy (non-hydrogen) atoms. The van der Waals surface area contributed by atoms with Crippen LogP contribution in [0.25, 0.3) is 0 Å². The van der Waals surface area contributed by atoms with Gasteiger partial charge in [-0.3, -0.25) is 0 Å². The molecular weight excluding hydrogens is 251 g/mol. The molecule has 0 heterocycles. The zero-order valence-corrected chi connectivity index (χ0v) is 11.1. The largest absolute Gasteiger partial charge is 0.416 e. The average Bonchev–Trinajstić information content (AvgIpc) is 3.17. The van der Waals surface area contributed by atoms with Gasteiger partial charge in [-0.05, 0) is 49.8 Å². The summed E-state index contributed by atoms with van der Waals surface area (Å²) >= 11 is 0. The maximum Gasteiger partial charge on any atom is 0.416 e. The van der Waals surface area contributed by atoms with Crippen LogP contribution in [0, 0.1) is 5.92 Å². The second-order valence-electron chi connectivity index (χ2n) is 5.52. The number of rotatable bonds is 6. The minimum Gasteiger partial charge on any atom is -0.314 e. The van der Waals surface area contributed by atoms with Gasteiger partial charge in [-0.1, -0.05) is 25.1 Å². The highest BCUT2D eigenvalue weighted by atomic mass is 19.4. The lowest BCUT2D eigenvalue weighted by atomic mass is 9.99. The van der Waals surface area contributed by atoms with Crippen LogP contribution in [0.4, 0.5) is 13.2 Å². The van der Waals surface area contributed by atoms with Crippen molar-refractivity contribution in [1.82, 2.24) is 5.32 Å². The maximum absolute atomic E-state index is 12.6. The van der Waals surface area contributed by atoms with E-state index in [0.717, 1.165) is 24.6 Å². The predicted octanol–water partition coefficient (Wildman–Crippen LogP) is 4.03. The molecule has 0 amide bonds. The molecule has 4 heteroatoms. The van der Waals surface area contributed by atoms with Crippen LogP contribution in [-0.4, -0.2) is 12.6 Å². The first-order valence-corrected chi connectivity index (χ1v) is 6.84. The number of aryl methyl sites for hydroxylation is 1. The molecule has 106 valence electrons. The Bertz CT molecular complexity index is 410. The van der Waals surface area contributed by atoms with Gasteiger partial charge < -0.3 is 5.32 Å². The van der Waals surface area contributed by atoms with Crippen LogP contribution in [0.15, 0.2) is 24.3 Å². The minimum atomic E-state index is -4.24. The molecule has 1 N–H and O–H groups in total. The van der Waals surface area contributed by atoms with E-state index < -0.39 is 11.7 Å². The van der Waals surface area contributed by atoms with Crippen molar-refractivity contribution in [3.63, 3.8) is 0 Å².